The van der Waals surface area contributed by atoms with E-state index in [0.717, 1.165) is 10.9 Å². The molecule has 2 heterocycles. The third-order valence-electron chi connectivity index (χ3n) is 7.16. The van der Waals surface area contributed by atoms with Gasteiger partial charge in [0.2, 0.25) is 17.7 Å². The summed E-state index contributed by atoms with van der Waals surface area (Å²) in [6.45, 7) is 1.33. The average molecular weight is 606 g/mol. The first-order chi connectivity index (χ1) is 21.0. The van der Waals surface area contributed by atoms with Crippen molar-refractivity contribution in [3.63, 3.8) is 0 Å². The number of fused-ring (bicyclic) bond motifs is 1. The molecule has 2 aromatic carbocycles. The Morgan fingerprint density at radius 3 is 2.14 bits per heavy atom. The van der Waals surface area contributed by atoms with E-state index in [9.17, 15) is 34.5 Å². The van der Waals surface area contributed by atoms with Crippen LogP contribution in [-0.4, -0.2) is 84.2 Å². The van der Waals surface area contributed by atoms with E-state index in [1.165, 1.54) is 31.6 Å². The molecule has 4 rings (SSSR count). The number of nitrogens with one attached hydrogen (secondary N) is 5. The molecule has 0 saturated heterocycles. The molecule has 14 heteroatoms. The molecule has 0 aliphatic heterocycles. The second kappa shape index (κ2) is 14.3. The van der Waals surface area contributed by atoms with E-state index < -0.39 is 54.0 Å². The number of benzene rings is 2. The Labute approximate surface area is 252 Å². The van der Waals surface area contributed by atoms with Crippen LogP contribution in [0.2, 0.25) is 0 Å². The molecule has 0 fully saturated rings. The minimum atomic E-state index is -1.32. The molecule has 3 amide bonds. The van der Waals surface area contributed by atoms with Crippen LogP contribution >= 0.6 is 0 Å². The highest BCUT2D eigenvalue weighted by Gasteiger charge is 2.32. The lowest BCUT2D eigenvalue weighted by Crippen LogP contribution is -2.59. The molecule has 2 aromatic heterocycles. The first-order valence-corrected chi connectivity index (χ1v) is 13.9. The summed E-state index contributed by atoms with van der Waals surface area (Å²) in [4.78, 5) is 62.0. The number of aliphatic carboxylic acids is 1. The van der Waals surface area contributed by atoms with Crippen LogP contribution in [0.5, 0.6) is 5.75 Å². The number of hydrogen-bond donors (Lipinski definition) is 9. The summed E-state index contributed by atoms with van der Waals surface area (Å²) in [6, 6.07) is 8.18. The molecule has 4 aromatic rings. The van der Waals surface area contributed by atoms with E-state index in [1.807, 2.05) is 24.3 Å². The zero-order chi connectivity index (χ0) is 31.8. The zero-order valence-corrected chi connectivity index (χ0v) is 23.9. The number of carbonyl (C=O) groups excluding carboxylic acids is 3. The number of phenols is 1. The Balaban J connectivity index is 1.55. The van der Waals surface area contributed by atoms with E-state index in [-0.39, 0.29) is 25.0 Å². The van der Waals surface area contributed by atoms with Crippen molar-refractivity contribution in [1.82, 2.24) is 30.9 Å². The normalized spacial score (nSPS) is 14.6. The first-order valence-electron chi connectivity index (χ1n) is 13.9. The number of hydrogen-bond acceptors (Lipinski definition) is 8. The molecule has 0 bridgehead atoms. The number of aromatic hydroxyl groups is 1. The van der Waals surface area contributed by atoms with Gasteiger partial charge in [0.15, 0.2) is 0 Å². The van der Waals surface area contributed by atoms with Crippen LogP contribution in [0.4, 0.5) is 0 Å². The van der Waals surface area contributed by atoms with Crippen LogP contribution in [-0.2, 0) is 38.4 Å². The van der Waals surface area contributed by atoms with Gasteiger partial charge in [-0.1, -0.05) is 30.3 Å². The van der Waals surface area contributed by atoms with E-state index in [2.05, 4.69) is 30.9 Å². The molecule has 14 nitrogen and oxygen atoms in total. The molecule has 0 radical (unpaired) electrons. The number of carboxylic acids is 1. The molecule has 5 unspecified atom stereocenters. The lowest BCUT2D eigenvalue weighted by molar-refractivity contribution is -0.142. The Hall–Kier alpha value is -5.21. The fourth-order valence-corrected chi connectivity index (χ4v) is 4.65. The summed E-state index contributed by atoms with van der Waals surface area (Å²) in [5, 5.41) is 37.9. The van der Waals surface area contributed by atoms with Gasteiger partial charge in [-0.05, 0) is 36.2 Å². The quantitative estimate of drug-likeness (QED) is 0.0929. The monoisotopic (exact) mass is 605 g/mol. The molecule has 0 saturated carbocycles. The number of imidazole rings is 1. The summed E-state index contributed by atoms with van der Waals surface area (Å²) in [5.41, 5.74) is 8.35. The number of nitrogens with zero attached hydrogens (tertiary/aromatic N) is 1. The second-order valence-corrected chi connectivity index (χ2v) is 10.5. The van der Waals surface area contributed by atoms with Crippen molar-refractivity contribution in [3.05, 3.63) is 84.1 Å². The fourth-order valence-electron chi connectivity index (χ4n) is 4.65. The molecule has 5 atom stereocenters. The third-order valence-corrected chi connectivity index (χ3v) is 7.16. The van der Waals surface area contributed by atoms with Crippen molar-refractivity contribution >= 4 is 34.6 Å². The predicted octanol–water partition coefficient (Wildman–Crippen LogP) is -0.128. The summed E-state index contributed by atoms with van der Waals surface area (Å²) in [7, 11) is 0. The Morgan fingerprint density at radius 2 is 1.50 bits per heavy atom. The van der Waals surface area contributed by atoms with Crippen molar-refractivity contribution in [3.8, 4) is 5.75 Å². The minimum absolute atomic E-state index is 0.00632. The van der Waals surface area contributed by atoms with Gasteiger partial charge in [-0.15, -0.1) is 0 Å². The van der Waals surface area contributed by atoms with Crippen molar-refractivity contribution < 1.29 is 34.5 Å². The number of aliphatic hydroxyl groups is 1. The summed E-state index contributed by atoms with van der Waals surface area (Å²) < 4.78 is 0. The van der Waals surface area contributed by atoms with Gasteiger partial charge in [0.1, 0.15) is 29.9 Å². The number of carbonyl (C=O) groups is 4. The van der Waals surface area contributed by atoms with Gasteiger partial charge in [0, 0.05) is 48.3 Å². The van der Waals surface area contributed by atoms with E-state index in [4.69, 9.17) is 5.73 Å². The number of nitrogens with two attached hydrogens (primary N) is 1. The first kappa shape index (κ1) is 31.7. The lowest BCUT2D eigenvalue weighted by Gasteiger charge is -2.25. The number of aromatic amines is 2. The maximum atomic E-state index is 13.6. The van der Waals surface area contributed by atoms with Crippen LogP contribution in [0.1, 0.15) is 23.7 Å². The van der Waals surface area contributed by atoms with Gasteiger partial charge in [0.25, 0.3) is 0 Å². The average Bonchev–Trinajstić information content (AvgIpc) is 3.66. The van der Waals surface area contributed by atoms with Crippen molar-refractivity contribution in [2.75, 3.05) is 0 Å². The van der Waals surface area contributed by atoms with Crippen LogP contribution < -0.4 is 21.7 Å². The molecule has 44 heavy (non-hydrogen) atoms. The molecule has 232 valence electrons. The number of phenolic OH excluding ortho intramolecular Hbond substituents is 1. The number of rotatable bonds is 14. The SMILES string of the molecule is CC(O)C(N)C(=O)NC(Cc1ccc(O)cc1)C(=O)NC(Cc1cnc[nH]1)C(=O)NC(Cc1c[nH]c2ccccc12)C(=O)O. The zero-order valence-electron chi connectivity index (χ0n) is 23.9. The minimum Gasteiger partial charge on any atom is -0.508 e. The Kier molecular flexibility index (Phi) is 10.3. The highest BCUT2D eigenvalue weighted by molar-refractivity contribution is 5.94. The number of amides is 3. The van der Waals surface area contributed by atoms with Crippen molar-refractivity contribution in [1.29, 1.82) is 0 Å². The second-order valence-electron chi connectivity index (χ2n) is 10.5. The molecule has 0 aliphatic rings. The van der Waals surface area contributed by atoms with Gasteiger partial charge in [0.05, 0.1) is 12.4 Å². The van der Waals surface area contributed by atoms with Crippen LogP contribution in [0.25, 0.3) is 10.9 Å². The lowest BCUT2D eigenvalue weighted by atomic mass is 10.0. The summed E-state index contributed by atoms with van der Waals surface area (Å²) >= 11 is 0. The summed E-state index contributed by atoms with van der Waals surface area (Å²) in [6.07, 6.45) is 3.22. The Bertz CT molecular complexity index is 1580. The van der Waals surface area contributed by atoms with Crippen LogP contribution in [0.15, 0.2) is 67.3 Å². The molecule has 0 spiro atoms. The summed E-state index contributed by atoms with van der Waals surface area (Å²) in [5.74, 6) is -3.58. The predicted molar refractivity (Wildman–Crippen MR) is 159 cm³/mol. The third kappa shape index (κ3) is 8.20. The number of aliphatic hydroxyl groups excluding tert-OH is 1. The topological polar surface area (TPSA) is 236 Å². The highest BCUT2D eigenvalue weighted by atomic mass is 16.4. The van der Waals surface area contributed by atoms with Gasteiger partial charge in [-0.2, -0.15) is 0 Å². The molecular formula is C30H35N7O7. The number of carboxylic acid groups (broad SMARTS) is 1. The van der Waals surface area contributed by atoms with E-state index in [1.54, 1.807) is 18.3 Å². The van der Waals surface area contributed by atoms with E-state index in [0.29, 0.717) is 16.8 Å². The Morgan fingerprint density at radius 1 is 0.864 bits per heavy atom. The highest BCUT2D eigenvalue weighted by Crippen LogP contribution is 2.19. The fraction of sp³-hybridized carbons (Fsp3) is 0.300. The van der Waals surface area contributed by atoms with Crippen LogP contribution in [0, 0.1) is 0 Å². The smallest absolute Gasteiger partial charge is 0.326 e. The number of para-hydroxylation sites is 1. The maximum absolute atomic E-state index is 13.6. The van der Waals surface area contributed by atoms with Crippen molar-refractivity contribution in [2.45, 2.75) is 56.5 Å². The van der Waals surface area contributed by atoms with Gasteiger partial charge < -0.3 is 47.0 Å². The van der Waals surface area contributed by atoms with Crippen LogP contribution in [0.3, 0.4) is 0 Å². The number of H-pyrrole nitrogens is 2. The van der Waals surface area contributed by atoms with Gasteiger partial charge in [-0.3, -0.25) is 14.4 Å². The largest absolute Gasteiger partial charge is 0.508 e. The maximum Gasteiger partial charge on any atom is 0.326 e. The van der Waals surface area contributed by atoms with Crippen molar-refractivity contribution in [2.24, 2.45) is 5.73 Å². The molecular weight excluding hydrogens is 570 g/mol. The molecule has 10 N–H and O–H groups in total. The van der Waals surface area contributed by atoms with Gasteiger partial charge in [-0.25, -0.2) is 9.78 Å². The number of aromatic nitrogens is 3. The van der Waals surface area contributed by atoms with Gasteiger partial charge >= 0.3 is 5.97 Å². The van der Waals surface area contributed by atoms with E-state index >= 15 is 0 Å². The standard InChI is InChI=1S/C30H35N7O7/c1-16(38)26(31)29(42)36-23(10-17-6-8-20(39)9-7-17)27(40)35-24(12-19-14-32-15-34-19)28(41)37-25(30(43)44)11-18-13-33-22-5-3-2-4-21(18)22/h2-9,13-16,23-26,33,38-39H,10-12,31H2,1H3,(H,32,34)(H,35,40)(H,36,42)(H,37,41)(H,43,44). The molecule has 0 aliphatic carbocycles.